The van der Waals surface area contributed by atoms with Crippen LogP contribution in [0, 0.1) is 5.41 Å². The van der Waals surface area contributed by atoms with Crippen molar-refractivity contribution in [1.82, 2.24) is 0 Å². The maximum absolute atomic E-state index is 5.56. The fraction of sp³-hybridized carbons (Fsp3) is 0.667. The zero-order valence-corrected chi connectivity index (χ0v) is 8.64. The molecule has 1 saturated carbocycles. The topological polar surface area (TPSA) is 9.23 Å². The number of hydrogen-bond acceptors (Lipinski definition) is 1. The highest BCUT2D eigenvalue weighted by Gasteiger charge is 2.32. The molecule has 0 amide bonds. The molecule has 0 heterocycles. The third kappa shape index (κ3) is 2.61. The molecular weight excluding hydrogens is 160 g/mol. The number of rotatable bonds is 5. The Morgan fingerprint density at radius 1 is 1.46 bits per heavy atom. The van der Waals surface area contributed by atoms with Gasteiger partial charge in [0.15, 0.2) is 0 Å². The van der Waals surface area contributed by atoms with Crippen LogP contribution in [-0.4, -0.2) is 6.61 Å². The molecule has 0 aromatic heterocycles. The Balaban J connectivity index is 2.39. The summed E-state index contributed by atoms with van der Waals surface area (Å²) < 4.78 is 5.56. The van der Waals surface area contributed by atoms with E-state index in [1.165, 1.54) is 32.1 Å². The van der Waals surface area contributed by atoms with E-state index in [1.807, 2.05) is 0 Å². The fourth-order valence-corrected chi connectivity index (χ4v) is 2.03. The van der Waals surface area contributed by atoms with Gasteiger partial charge in [0.2, 0.25) is 0 Å². The van der Waals surface area contributed by atoms with Gasteiger partial charge in [-0.25, -0.2) is 0 Å². The molecule has 1 fully saturated rings. The first kappa shape index (κ1) is 10.4. The van der Waals surface area contributed by atoms with Gasteiger partial charge in [0.25, 0.3) is 0 Å². The minimum absolute atomic E-state index is 0.436. The Bertz CT molecular complexity index is 187. The minimum atomic E-state index is 0.436. The van der Waals surface area contributed by atoms with Crippen LogP contribution >= 0.6 is 0 Å². The molecule has 74 valence electrons. The lowest BCUT2D eigenvalue weighted by atomic mass is 9.84. The van der Waals surface area contributed by atoms with Crippen LogP contribution in [0.5, 0.6) is 0 Å². The average molecular weight is 180 g/mol. The first-order valence-electron chi connectivity index (χ1n) is 5.16. The molecule has 0 radical (unpaired) electrons. The predicted molar refractivity (Wildman–Crippen MR) is 56.5 cm³/mol. The van der Waals surface area contributed by atoms with Crippen LogP contribution in [0.4, 0.5) is 0 Å². The van der Waals surface area contributed by atoms with Crippen molar-refractivity contribution in [2.45, 2.75) is 39.0 Å². The van der Waals surface area contributed by atoms with Gasteiger partial charge in [0, 0.05) is 5.41 Å². The van der Waals surface area contributed by atoms with Crippen molar-refractivity contribution in [3.63, 3.8) is 0 Å². The van der Waals surface area contributed by atoms with Crippen molar-refractivity contribution < 1.29 is 4.74 Å². The quantitative estimate of drug-likeness (QED) is 0.463. The summed E-state index contributed by atoms with van der Waals surface area (Å²) in [6, 6.07) is 0. The lowest BCUT2D eigenvalue weighted by Crippen LogP contribution is -2.21. The lowest BCUT2D eigenvalue weighted by molar-refractivity contribution is 0.0965. The van der Waals surface area contributed by atoms with Gasteiger partial charge >= 0.3 is 0 Å². The highest BCUT2D eigenvalue weighted by atomic mass is 16.5. The average Bonchev–Trinajstić information content (AvgIpc) is 2.63. The summed E-state index contributed by atoms with van der Waals surface area (Å²) in [5, 5.41) is 0. The second kappa shape index (κ2) is 4.50. The van der Waals surface area contributed by atoms with Crippen LogP contribution in [0.25, 0.3) is 0 Å². The van der Waals surface area contributed by atoms with Gasteiger partial charge in [-0.1, -0.05) is 32.9 Å². The molecular formula is C12H20O. The van der Waals surface area contributed by atoms with E-state index in [-0.39, 0.29) is 0 Å². The zero-order valence-electron chi connectivity index (χ0n) is 8.64. The monoisotopic (exact) mass is 180 g/mol. The third-order valence-electron chi connectivity index (χ3n) is 3.21. The molecule has 1 aliphatic rings. The van der Waals surface area contributed by atoms with Crippen LogP contribution < -0.4 is 0 Å². The van der Waals surface area contributed by atoms with Gasteiger partial charge in [0.1, 0.15) is 5.76 Å². The Morgan fingerprint density at radius 2 is 2.08 bits per heavy atom. The molecule has 0 aliphatic heterocycles. The zero-order chi connectivity index (χ0) is 9.73. The standard InChI is InChI=1S/C12H20O/c1-4-11(3)13-10-12(5-2)8-6-7-9-12/h4H,1,3,5-10H2,2H3. The van der Waals surface area contributed by atoms with Crippen LogP contribution in [0.1, 0.15) is 39.0 Å². The highest BCUT2D eigenvalue weighted by Crippen LogP contribution is 2.41. The second-order valence-corrected chi connectivity index (χ2v) is 4.02. The van der Waals surface area contributed by atoms with Gasteiger partial charge in [-0.3, -0.25) is 0 Å². The third-order valence-corrected chi connectivity index (χ3v) is 3.21. The number of ether oxygens (including phenoxy) is 1. The van der Waals surface area contributed by atoms with Crippen LogP contribution in [0.2, 0.25) is 0 Å². The fourth-order valence-electron chi connectivity index (χ4n) is 2.03. The normalized spacial score (nSPS) is 19.8. The van der Waals surface area contributed by atoms with Gasteiger partial charge < -0.3 is 4.74 Å². The Hall–Kier alpha value is -0.720. The van der Waals surface area contributed by atoms with Crippen molar-refractivity contribution in [1.29, 1.82) is 0 Å². The molecule has 1 rings (SSSR count). The Morgan fingerprint density at radius 3 is 2.54 bits per heavy atom. The molecule has 0 saturated heterocycles. The highest BCUT2D eigenvalue weighted by molar-refractivity contribution is 5.02. The van der Waals surface area contributed by atoms with Crippen LogP contribution in [0.3, 0.4) is 0 Å². The van der Waals surface area contributed by atoms with E-state index in [0.29, 0.717) is 11.2 Å². The van der Waals surface area contributed by atoms with E-state index in [4.69, 9.17) is 4.74 Å². The molecule has 1 aliphatic carbocycles. The van der Waals surface area contributed by atoms with E-state index in [1.54, 1.807) is 6.08 Å². The summed E-state index contributed by atoms with van der Waals surface area (Å²) in [5.74, 6) is 0.708. The molecule has 0 spiro atoms. The first-order valence-corrected chi connectivity index (χ1v) is 5.16. The van der Waals surface area contributed by atoms with Crippen molar-refractivity contribution in [3.05, 3.63) is 25.0 Å². The molecule has 0 unspecified atom stereocenters. The van der Waals surface area contributed by atoms with E-state index < -0.39 is 0 Å². The minimum Gasteiger partial charge on any atom is -0.494 e. The van der Waals surface area contributed by atoms with Crippen molar-refractivity contribution in [3.8, 4) is 0 Å². The molecule has 13 heavy (non-hydrogen) atoms. The summed E-state index contributed by atoms with van der Waals surface area (Å²) in [5.41, 5.74) is 0.436. The number of allylic oxidation sites excluding steroid dienone is 1. The van der Waals surface area contributed by atoms with E-state index in [9.17, 15) is 0 Å². The van der Waals surface area contributed by atoms with Gasteiger partial charge in [-0.2, -0.15) is 0 Å². The van der Waals surface area contributed by atoms with Crippen LogP contribution in [-0.2, 0) is 4.74 Å². The second-order valence-electron chi connectivity index (χ2n) is 4.02. The molecule has 0 aromatic carbocycles. The molecule has 0 aromatic rings. The SMILES string of the molecule is C=CC(=C)OCC1(CC)CCCC1. The largest absolute Gasteiger partial charge is 0.494 e. The summed E-state index contributed by atoms with van der Waals surface area (Å²) in [6.45, 7) is 10.5. The lowest BCUT2D eigenvalue weighted by Gasteiger charge is -2.27. The van der Waals surface area contributed by atoms with E-state index >= 15 is 0 Å². The van der Waals surface area contributed by atoms with Crippen molar-refractivity contribution in [2.75, 3.05) is 6.61 Å². The summed E-state index contributed by atoms with van der Waals surface area (Å²) in [4.78, 5) is 0. The number of hydrogen-bond donors (Lipinski definition) is 0. The van der Waals surface area contributed by atoms with Crippen molar-refractivity contribution in [2.24, 2.45) is 5.41 Å². The predicted octanol–water partition coefficient (Wildman–Crippen LogP) is 3.67. The summed E-state index contributed by atoms with van der Waals surface area (Å²) in [6.07, 6.45) is 8.24. The molecule has 1 nitrogen and oxygen atoms in total. The van der Waals surface area contributed by atoms with Gasteiger partial charge in [-0.05, 0) is 25.3 Å². The van der Waals surface area contributed by atoms with Gasteiger partial charge in [-0.15, -0.1) is 0 Å². The molecule has 0 N–H and O–H groups in total. The maximum atomic E-state index is 5.56. The van der Waals surface area contributed by atoms with Crippen molar-refractivity contribution >= 4 is 0 Å². The Kier molecular flexibility index (Phi) is 3.58. The summed E-state index contributed by atoms with van der Waals surface area (Å²) in [7, 11) is 0. The van der Waals surface area contributed by atoms with Crippen LogP contribution in [0.15, 0.2) is 25.0 Å². The van der Waals surface area contributed by atoms with Gasteiger partial charge in [0.05, 0.1) is 6.61 Å². The molecule has 0 atom stereocenters. The van der Waals surface area contributed by atoms with E-state index in [0.717, 1.165) is 6.61 Å². The molecule has 0 bridgehead atoms. The first-order chi connectivity index (χ1) is 6.22. The smallest absolute Gasteiger partial charge is 0.111 e. The summed E-state index contributed by atoms with van der Waals surface area (Å²) >= 11 is 0. The molecule has 1 heteroatoms. The van der Waals surface area contributed by atoms with E-state index in [2.05, 4.69) is 20.1 Å². The Labute approximate surface area is 81.5 Å². The maximum Gasteiger partial charge on any atom is 0.111 e.